The lowest BCUT2D eigenvalue weighted by Gasteiger charge is -2.10. The molecule has 3 rings (SSSR count). The topological polar surface area (TPSA) is 86.3 Å². The fourth-order valence-corrected chi connectivity index (χ4v) is 3.19. The van der Waals surface area contributed by atoms with Gasteiger partial charge in [0.15, 0.2) is 18.0 Å². The third kappa shape index (κ3) is 3.74. The van der Waals surface area contributed by atoms with Gasteiger partial charge in [-0.05, 0) is 12.1 Å². The van der Waals surface area contributed by atoms with Crippen LogP contribution in [-0.2, 0) is 16.6 Å². The summed E-state index contributed by atoms with van der Waals surface area (Å²) in [5, 5.41) is -0.0709. The van der Waals surface area contributed by atoms with Gasteiger partial charge >= 0.3 is 6.59 Å². The number of halogens is 2. The number of alkyl halides is 2. The van der Waals surface area contributed by atoms with Crippen LogP contribution in [0.4, 0.5) is 8.78 Å². The van der Waals surface area contributed by atoms with Crippen molar-refractivity contribution in [2.24, 2.45) is 0 Å². The first kappa shape index (κ1) is 11.8. The van der Waals surface area contributed by atoms with E-state index in [4.69, 9.17) is 17.7 Å². The molecule has 0 spiro atoms. The summed E-state index contributed by atoms with van der Waals surface area (Å²) in [6.07, 6.45) is -0.611. The van der Waals surface area contributed by atoms with Crippen LogP contribution in [0.3, 0.4) is 0 Å². The van der Waals surface area contributed by atoms with Gasteiger partial charge in [-0.2, -0.15) is 8.78 Å². The fourth-order valence-electron chi connectivity index (χ4n) is 2.18. The molecule has 0 fully saturated rings. The molecule has 0 amide bonds. The van der Waals surface area contributed by atoms with Gasteiger partial charge in [0, 0.05) is 18.3 Å². The molecule has 0 aliphatic carbocycles. The second-order valence-corrected chi connectivity index (χ2v) is 6.16. The van der Waals surface area contributed by atoms with E-state index in [1.807, 2.05) is 0 Å². The Morgan fingerprint density at radius 2 is 2.31 bits per heavy atom. The number of ether oxygens (including phenoxy) is 3. The molecule has 3 aromatic rings. The van der Waals surface area contributed by atoms with Gasteiger partial charge in [0.2, 0.25) is 0 Å². The first-order chi connectivity index (χ1) is 14.8. The summed E-state index contributed by atoms with van der Waals surface area (Å²) in [5.41, 5.74) is 0.386. The number of hydrogen-bond donors (Lipinski definition) is 1. The minimum absolute atomic E-state index is 0.0709. The number of aromatic amines is 1. The number of nitrogens with one attached hydrogen (secondary N) is 1. The van der Waals surface area contributed by atoms with Gasteiger partial charge in [-0.25, -0.2) is 4.98 Å². The Balaban J connectivity index is 1.93. The van der Waals surface area contributed by atoms with Crippen LogP contribution in [-0.4, -0.2) is 39.9 Å². The molecule has 0 saturated heterocycles. The second-order valence-electron chi connectivity index (χ2n) is 4.80. The van der Waals surface area contributed by atoms with Crippen molar-refractivity contribution in [3.8, 4) is 17.2 Å². The zero-order chi connectivity index (χ0) is 23.8. The molecular formula is C16H15F2N3O4S. The van der Waals surface area contributed by atoms with Gasteiger partial charge in [0.25, 0.3) is 0 Å². The van der Waals surface area contributed by atoms with E-state index in [1.165, 1.54) is 19.2 Å². The number of benzene rings is 1. The van der Waals surface area contributed by atoms with Gasteiger partial charge in [-0.1, -0.05) is 0 Å². The molecule has 0 aliphatic rings. The first-order valence-electron chi connectivity index (χ1n) is 9.95. The Morgan fingerprint density at radius 3 is 3.04 bits per heavy atom. The van der Waals surface area contributed by atoms with Crippen LogP contribution in [0.1, 0.15) is 13.9 Å². The minimum Gasteiger partial charge on any atom is -0.493 e. The van der Waals surface area contributed by atoms with Gasteiger partial charge in [0.05, 0.1) is 54.3 Å². The Kier molecular flexibility index (Phi) is 3.47. The monoisotopic (exact) mass is 389 g/mol. The van der Waals surface area contributed by atoms with Crippen LogP contribution in [0.15, 0.2) is 35.6 Å². The molecule has 1 N–H and O–H groups in total. The number of H-pyrrole nitrogens is 1. The maximum Gasteiger partial charge on any atom is 0.387 e. The standard InChI is InChI=1S/C16H15F2N3O4S/c1-23-13-5-6-19-12(14(13)24-2)8-26(22)16-20-10-4-3-9(25-15(17)18)7-11(10)21-16/h3-7,15H,8H2,1-2H3,(H,20,21)/i1D3,5D,6D,15D. The molecule has 1 aromatic carbocycles. The van der Waals surface area contributed by atoms with E-state index in [1.54, 1.807) is 0 Å². The number of pyridine rings is 1. The molecule has 0 radical (unpaired) electrons. The van der Waals surface area contributed by atoms with Gasteiger partial charge < -0.3 is 19.2 Å². The van der Waals surface area contributed by atoms with Crippen LogP contribution in [0.2, 0.25) is 0 Å². The van der Waals surface area contributed by atoms with E-state index >= 15 is 0 Å². The largest absolute Gasteiger partial charge is 0.493 e. The van der Waals surface area contributed by atoms with Crippen LogP contribution in [0.5, 0.6) is 17.2 Å². The number of nitrogens with zero attached hydrogens (tertiary/aromatic N) is 2. The van der Waals surface area contributed by atoms with E-state index in [9.17, 15) is 13.0 Å². The highest BCUT2D eigenvalue weighted by Gasteiger charge is 2.17. The molecule has 10 heteroatoms. The SMILES string of the molecule is [2H]c1nc(CS(=O)c2nc3ccc(OC([2H])(F)F)cc3[nH]2)c(OC)c(OC([2H])([2H])[2H])c1[2H]. The average Bonchev–Trinajstić information content (AvgIpc) is 3.07. The zero-order valence-electron chi connectivity index (χ0n) is 19.1. The third-order valence-electron chi connectivity index (χ3n) is 3.24. The molecule has 26 heavy (non-hydrogen) atoms. The van der Waals surface area contributed by atoms with Crippen LogP contribution >= 0.6 is 0 Å². The van der Waals surface area contributed by atoms with Gasteiger partial charge in [0.1, 0.15) is 5.75 Å². The highest BCUT2D eigenvalue weighted by atomic mass is 32.2. The van der Waals surface area contributed by atoms with Crippen molar-refractivity contribution in [1.29, 1.82) is 0 Å². The van der Waals surface area contributed by atoms with E-state index in [0.717, 1.165) is 6.07 Å². The quantitative estimate of drug-likeness (QED) is 0.669. The molecule has 0 bridgehead atoms. The second kappa shape index (κ2) is 7.65. The molecule has 1 unspecified atom stereocenters. The predicted octanol–water partition coefficient (Wildman–Crippen LogP) is 2.88. The number of imidazole rings is 1. The van der Waals surface area contributed by atoms with Crippen molar-refractivity contribution in [3.05, 3.63) is 36.1 Å². The molecule has 0 saturated carbocycles. The fraction of sp³-hybridized carbons (Fsp3) is 0.250. The van der Waals surface area contributed by atoms with Gasteiger partial charge in [-0.3, -0.25) is 9.19 Å². The number of rotatable bonds is 7. The van der Waals surface area contributed by atoms with Crippen LogP contribution in [0.25, 0.3) is 11.0 Å². The Bertz CT molecular complexity index is 1190. The number of fused-ring (bicyclic) bond motifs is 1. The molecule has 0 aliphatic heterocycles. The summed E-state index contributed by atoms with van der Waals surface area (Å²) in [6.45, 7) is -4.13. The normalized spacial score (nSPS) is 16.6. The predicted molar refractivity (Wildman–Crippen MR) is 90.2 cm³/mol. The zero-order valence-corrected chi connectivity index (χ0v) is 13.9. The smallest absolute Gasteiger partial charge is 0.387 e. The average molecular weight is 389 g/mol. The highest BCUT2D eigenvalue weighted by Crippen LogP contribution is 2.30. The first-order valence-corrected chi connectivity index (χ1v) is 8.27. The molecule has 2 heterocycles. The summed E-state index contributed by atoms with van der Waals surface area (Å²) >= 11 is 0. The van der Waals surface area contributed by atoms with E-state index < -0.39 is 42.4 Å². The summed E-state index contributed by atoms with van der Waals surface area (Å²) in [5.74, 6) is -1.50. The van der Waals surface area contributed by atoms with Gasteiger partial charge in [-0.15, -0.1) is 0 Å². The Morgan fingerprint density at radius 1 is 1.46 bits per heavy atom. The maximum atomic E-state index is 12.8. The summed E-state index contributed by atoms with van der Waals surface area (Å²) < 4.78 is 96.2. The lowest BCUT2D eigenvalue weighted by atomic mass is 10.3. The summed E-state index contributed by atoms with van der Waals surface area (Å²) in [7, 11) is -3.69. The van der Waals surface area contributed by atoms with Crippen molar-refractivity contribution < 1.29 is 35.4 Å². The number of methoxy groups -OCH3 is 2. The van der Waals surface area contributed by atoms with Crippen molar-refractivity contribution >= 4 is 21.8 Å². The molecule has 138 valence electrons. The van der Waals surface area contributed by atoms with E-state index in [0.29, 0.717) is 0 Å². The lowest BCUT2D eigenvalue weighted by molar-refractivity contribution is -0.0497. The summed E-state index contributed by atoms with van der Waals surface area (Å²) in [4.78, 5) is 10.6. The molecular weight excluding hydrogens is 368 g/mol. The maximum absolute atomic E-state index is 12.8. The Hall–Kier alpha value is -2.75. The lowest BCUT2D eigenvalue weighted by Crippen LogP contribution is -2.04. The van der Waals surface area contributed by atoms with Crippen LogP contribution < -0.4 is 14.2 Å². The molecule has 1 atom stereocenters. The summed E-state index contributed by atoms with van der Waals surface area (Å²) in [6, 6.07) is 3.03. The van der Waals surface area contributed by atoms with Crippen molar-refractivity contribution in [3.63, 3.8) is 0 Å². The highest BCUT2D eigenvalue weighted by molar-refractivity contribution is 7.84. The minimum atomic E-state index is -4.13. The third-order valence-corrected chi connectivity index (χ3v) is 4.41. The van der Waals surface area contributed by atoms with E-state index in [2.05, 4.69) is 19.7 Å². The van der Waals surface area contributed by atoms with E-state index in [-0.39, 0.29) is 39.1 Å². The number of aromatic nitrogens is 3. The van der Waals surface area contributed by atoms with Crippen molar-refractivity contribution in [1.82, 2.24) is 15.0 Å². The molecule has 2 aromatic heterocycles. The van der Waals surface area contributed by atoms with Crippen molar-refractivity contribution in [2.75, 3.05) is 14.1 Å². The van der Waals surface area contributed by atoms with Crippen LogP contribution in [0, 0.1) is 0 Å². The molecule has 7 nitrogen and oxygen atoms in total. The van der Waals surface area contributed by atoms with Crippen molar-refractivity contribution in [2.45, 2.75) is 17.5 Å². The number of hydrogen-bond acceptors (Lipinski definition) is 6. The Labute approximate surface area is 158 Å².